The fourth-order valence-electron chi connectivity index (χ4n) is 4.36. The third-order valence-corrected chi connectivity index (χ3v) is 6.34. The predicted molar refractivity (Wildman–Crippen MR) is 127 cm³/mol. The molecular formula is C24H32F3N5O3. The van der Waals surface area contributed by atoms with E-state index in [1.165, 1.54) is 7.11 Å². The van der Waals surface area contributed by atoms with Crippen molar-refractivity contribution in [3.63, 3.8) is 0 Å². The van der Waals surface area contributed by atoms with E-state index in [9.17, 15) is 13.2 Å². The molecule has 0 spiro atoms. The number of alkyl halides is 3. The molecular weight excluding hydrogens is 463 g/mol. The van der Waals surface area contributed by atoms with Crippen LogP contribution in [-0.4, -0.2) is 68.8 Å². The van der Waals surface area contributed by atoms with Crippen LogP contribution in [0.1, 0.15) is 25.7 Å². The van der Waals surface area contributed by atoms with Gasteiger partial charge in [0.15, 0.2) is 5.75 Å². The van der Waals surface area contributed by atoms with Gasteiger partial charge in [0.2, 0.25) is 5.95 Å². The molecule has 0 atom stereocenters. The molecule has 4 rings (SSSR count). The van der Waals surface area contributed by atoms with Crippen LogP contribution in [-0.2, 0) is 4.74 Å². The van der Waals surface area contributed by atoms with E-state index >= 15 is 0 Å². The Bertz CT molecular complexity index is 931. The molecule has 2 heterocycles. The second-order valence-electron chi connectivity index (χ2n) is 8.86. The van der Waals surface area contributed by atoms with Crippen LogP contribution in [0.2, 0.25) is 0 Å². The van der Waals surface area contributed by atoms with E-state index < -0.39 is 12.7 Å². The maximum atomic E-state index is 12.4. The van der Waals surface area contributed by atoms with Crippen LogP contribution in [0.4, 0.5) is 30.5 Å². The maximum Gasteiger partial charge on any atom is 0.401 e. The number of methoxy groups -OCH3 is 1. The summed E-state index contributed by atoms with van der Waals surface area (Å²) in [6.45, 7) is 2.70. The molecule has 1 aromatic carbocycles. The van der Waals surface area contributed by atoms with Gasteiger partial charge in [0.25, 0.3) is 5.88 Å². The molecule has 2 aliphatic rings. The molecule has 1 aliphatic heterocycles. The first-order valence-electron chi connectivity index (χ1n) is 11.9. The summed E-state index contributed by atoms with van der Waals surface area (Å²) in [6, 6.07) is 7.95. The highest BCUT2D eigenvalue weighted by atomic mass is 19.4. The van der Waals surface area contributed by atoms with Crippen LogP contribution in [0, 0.1) is 5.92 Å². The van der Waals surface area contributed by atoms with E-state index in [1.807, 2.05) is 12.1 Å². The highest BCUT2D eigenvalue weighted by Gasteiger charge is 2.30. The number of morpholine rings is 1. The summed E-state index contributed by atoms with van der Waals surface area (Å²) in [6.07, 6.45) is 0.356. The lowest BCUT2D eigenvalue weighted by Gasteiger charge is -2.29. The quantitative estimate of drug-likeness (QED) is 0.537. The van der Waals surface area contributed by atoms with Crippen LogP contribution in [0.15, 0.2) is 30.5 Å². The molecule has 1 aromatic heterocycles. The molecule has 192 valence electrons. The van der Waals surface area contributed by atoms with Crippen molar-refractivity contribution in [3.05, 3.63) is 30.5 Å². The van der Waals surface area contributed by atoms with Gasteiger partial charge in [0.1, 0.15) is 0 Å². The first kappa shape index (κ1) is 25.3. The van der Waals surface area contributed by atoms with Gasteiger partial charge in [-0.1, -0.05) is 0 Å². The van der Waals surface area contributed by atoms with E-state index in [1.54, 1.807) is 6.20 Å². The van der Waals surface area contributed by atoms with Crippen molar-refractivity contribution >= 4 is 17.3 Å². The summed E-state index contributed by atoms with van der Waals surface area (Å²) in [5, 5.41) is 5.80. The van der Waals surface area contributed by atoms with Crippen LogP contribution >= 0.6 is 0 Å². The summed E-state index contributed by atoms with van der Waals surface area (Å²) in [7, 11) is 1.53. The Morgan fingerprint density at radius 2 is 1.80 bits per heavy atom. The van der Waals surface area contributed by atoms with Crippen molar-refractivity contribution in [1.82, 2.24) is 15.3 Å². The molecule has 0 unspecified atom stereocenters. The van der Waals surface area contributed by atoms with Crippen LogP contribution < -0.4 is 25.0 Å². The predicted octanol–water partition coefficient (Wildman–Crippen LogP) is 4.15. The van der Waals surface area contributed by atoms with Crippen LogP contribution in [0.25, 0.3) is 0 Å². The largest absolute Gasteiger partial charge is 0.490 e. The number of anilines is 3. The Morgan fingerprint density at radius 3 is 2.46 bits per heavy atom. The number of ether oxygens (including phenoxy) is 3. The second-order valence-corrected chi connectivity index (χ2v) is 8.86. The van der Waals surface area contributed by atoms with Gasteiger partial charge in [0, 0.05) is 30.5 Å². The van der Waals surface area contributed by atoms with Gasteiger partial charge in [-0.2, -0.15) is 18.2 Å². The molecule has 35 heavy (non-hydrogen) atoms. The summed E-state index contributed by atoms with van der Waals surface area (Å²) in [4.78, 5) is 11.1. The average Bonchev–Trinajstić information content (AvgIpc) is 2.87. The topological polar surface area (TPSA) is 80.8 Å². The summed E-state index contributed by atoms with van der Waals surface area (Å²) < 4.78 is 54.0. The molecule has 0 radical (unpaired) electrons. The molecule has 1 saturated heterocycles. The molecule has 2 N–H and O–H groups in total. The van der Waals surface area contributed by atoms with Crippen LogP contribution in [0.5, 0.6) is 11.6 Å². The van der Waals surface area contributed by atoms with Crippen molar-refractivity contribution in [1.29, 1.82) is 0 Å². The van der Waals surface area contributed by atoms with Crippen molar-refractivity contribution < 1.29 is 27.4 Å². The third-order valence-electron chi connectivity index (χ3n) is 6.34. The normalized spacial score (nSPS) is 21.0. The zero-order valence-corrected chi connectivity index (χ0v) is 19.8. The van der Waals surface area contributed by atoms with Gasteiger partial charge in [-0.15, -0.1) is 0 Å². The summed E-state index contributed by atoms with van der Waals surface area (Å²) in [5.74, 6) is 1.41. The zero-order valence-electron chi connectivity index (χ0n) is 19.8. The minimum absolute atomic E-state index is 0.105. The second kappa shape index (κ2) is 11.8. The minimum atomic E-state index is -4.18. The van der Waals surface area contributed by atoms with Gasteiger partial charge in [-0.25, -0.2) is 4.98 Å². The Labute approximate surface area is 203 Å². The summed E-state index contributed by atoms with van der Waals surface area (Å²) >= 11 is 0. The molecule has 1 aliphatic carbocycles. The number of rotatable bonds is 9. The smallest absolute Gasteiger partial charge is 0.401 e. The lowest BCUT2D eigenvalue weighted by atomic mass is 9.86. The Hall–Kier alpha value is -2.79. The number of benzene rings is 1. The van der Waals surface area contributed by atoms with Gasteiger partial charge in [-0.3, -0.25) is 0 Å². The number of aromatic nitrogens is 2. The lowest BCUT2D eigenvalue weighted by Crippen LogP contribution is -2.39. The third kappa shape index (κ3) is 7.60. The number of halogens is 3. The fourth-order valence-corrected chi connectivity index (χ4v) is 4.36. The SMILES string of the molecule is COc1cnc(Nc2ccc(N3CCOCC3)cc2)nc1OCC1CCC(NCC(F)(F)F)CC1. The Kier molecular flexibility index (Phi) is 8.50. The van der Waals surface area contributed by atoms with Gasteiger partial charge in [0.05, 0.1) is 39.7 Å². The van der Waals surface area contributed by atoms with Crippen molar-refractivity contribution in [2.75, 3.05) is 56.8 Å². The number of nitrogens with zero attached hydrogens (tertiary/aromatic N) is 3. The highest BCUT2D eigenvalue weighted by Crippen LogP contribution is 2.30. The van der Waals surface area contributed by atoms with Crippen molar-refractivity contribution in [2.45, 2.75) is 37.9 Å². The number of nitrogens with one attached hydrogen (secondary N) is 2. The van der Waals surface area contributed by atoms with E-state index in [-0.39, 0.29) is 12.0 Å². The monoisotopic (exact) mass is 495 g/mol. The molecule has 2 fully saturated rings. The number of hydrogen-bond acceptors (Lipinski definition) is 8. The molecule has 1 saturated carbocycles. The van der Waals surface area contributed by atoms with Crippen molar-refractivity contribution in [2.24, 2.45) is 5.92 Å². The van der Waals surface area contributed by atoms with Gasteiger partial charge >= 0.3 is 6.18 Å². The number of hydrogen-bond donors (Lipinski definition) is 2. The Balaban J connectivity index is 1.29. The van der Waals surface area contributed by atoms with Gasteiger partial charge in [-0.05, 0) is 55.9 Å². The Morgan fingerprint density at radius 1 is 1.09 bits per heavy atom. The van der Waals surface area contributed by atoms with E-state index in [2.05, 4.69) is 37.6 Å². The molecule has 2 aromatic rings. The lowest BCUT2D eigenvalue weighted by molar-refractivity contribution is -0.126. The fraction of sp³-hybridized carbons (Fsp3) is 0.583. The maximum absolute atomic E-state index is 12.4. The van der Waals surface area contributed by atoms with Crippen LogP contribution in [0.3, 0.4) is 0 Å². The molecule has 0 amide bonds. The molecule has 0 bridgehead atoms. The minimum Gasteiger partial charge on any atom is -0.490 e. The molecule has 8 nitrogen and oxygen atoms in total. The standard InChI is InChI=1S/C24H32F3N5O3/c1-33-21-14-28-23(30-19-6-8-20(9-7-19)32-10-12-34-13-11-32)31-22(21)35-15-17-2-4-18(5-3-17)29-16-24(25,26)27/h6-9,14,17-18,29H,2-5,10-13,15-16H2,1H3,(H,28,30,31). The summed E-state index contributed by atoms with van der Waals surface area (Å²) in [5.41, 5.74) is 1.99. The van der Waals surface area contributed by atoms with Crippen molar-refractivity contribution in [3.8, 4) is 11.6 Å². The molecule has 11 heteroatoms. The average molecular weight is 496 g/mol. The van der Waals surface area contributed by atoms with E-state index in [4.69, 9.17) is 14.2 Å². The zero-order chi connectivity index (χ0) is 24.7. The first-order valence-corrected chi connectivity index (χ1v) is 11.9. The van der Waals surface area contributed by atoms with Gasteiger partial charge < -0.3 is 29.7 Å². The first-order chi connectivity index (χ1) is 16.9. The highest BCUT2D eigenvalue weighted by molar-refractivity contribution is 5.60. The van der Waals surface area contributed by atoms with E-state index in [0.717, 1.165) is 50.5 Å². The van der Waals surface area contributed by atoms with E-state index in [0.29, 0.717) is 37.0 Å².